The van der Waals surface area contributed by atoms with Crippen LogP contribution in [0.1, 0.15) is 31.8 Å². The molecular formula is C24H27NO5Si. The van der Waals surface area contributed by atoms with Crippen LogP contribution < -0.4 is 14.2 Å². The lowest BCUT2D eigenvalue weighted by Crippen LogP contribution is -2.31. The van der Waals surface area contributed by atoms with Crippen molar-refractivity contribution in [2.24, 2.45) is 0 Å². The second-order valence-corrected chi connectivity index (χ2v) is 13.0. The lowest BCUT2D eigenvalue weighted by Gasteiger charge is -2.19. The maximum atomic E-state index is 12.7. The Hall–Kier alpha value is -3.24. The summed E-state index contributed by atoms with van der Waals surface area (Å²) in [6.07, 6.45) is 0.415. The summed E-state index contributed by atoms with van der Waals surface area (Å²) in [5.41, 5.74) is 5.77. The molecule has 2 aromatic rings. The Balaban J connectivity index is 2.01. The smallest absolute Gasteiger partial charge is 0.261 e. The van der Waals surface area contributed by atoms with Gasteiger partial charge < -0.3 is 14.2 Å². The molecule has 0 fully saturated rings. The predicted molar refractivity (Wildman–Crippen MR) is 122 cm³/mol. The summed E-state index contributed by atoms with van der Waals surface area (Å²) in [6, 6.07) is 8.72. The number of rotatable bonds is 6. The zero-order valence-electron chi connectivity index (χ0n) is 18.8. The third-order valence-electron chi connectivity index (χ3n) is 4.96. The van der Waals surface area contributed by atoms with Gasteiger partial charge in [0.25, 0.3) is 11.8 Å². The Kier molecular flexibility index (Phi) is 6.42. The highest BCUT2D eigenvalue weighted by molar-refractivity contribution is 6.83. The van der Waals surface area contributed by atoms with Gasteiger partial charge in [-0.25, -0.2) is 0 Å². The van der Waals surface area contributed by atoms with Crippen molar-refractivity contribution in [3.05, 3.63) is 52.6 Å². The van der Waals surface area contributed by atoms with Gasteiger partial charge in [0.1, 0.15) is 8.07 Å². The maximum absolute atomic E-state index is 12.7. The molecule has 162 valence electrons. The van der Waals surface area contributed by atoms with E-state index in [4.69, 9.17) is 14.2 Å². The summed E-state index contributed by atoms with van der Waals surface area (Å²) < 4.78 is 16.6. The lowest BCUT2D eigenvalue weighted by molar-refractivity contribution is 0.0656. The Labute approximate surface area is 184 Å². The first-order valence-electron chi connectivity index (χ1n) is 10.0. The van der Waals surface area contributed by atoms with Gasteiger partial charge in [0, 0.05) is 6.54 Å². The summed E-state index contributed by atoms with van der Waals surface area (Å²) in [6.45, 7) is 6.70. The third-order valence-corrected chi connectivity index (χ3v) is 5.83. The van der Waals surface area contributed by atoms with E-state index in [1.165, 1.54) is 4.90 Å². The first-order valence-corrected chi connectivity index (χ1v) is 13.5. The molecule has 0 radical (unpaired) electrons. The SMILES string of the molecule is COc1cc(CCN2C(=O)c3ccccc3C2=O)c(C#C[Si](C)(C)C)c(OC)c1OC. The van der Waals surface area contributed by atoms with Crippen LogP contribution in [0.25, 0.3) is 0 Å². The van der Waals surface area contributed by atoms with Crippen LogP contribution in [-0.2, 0) is 6.42 Å². The fourth-order valence-electron chi connectivity index (χ4n) is 3.47. The number of benzene rings is 2. The van der Waals surface area contributed by atoms with Gasteiger partial charge in [0.15, 0.2) is 11.5 Å². The van der Waals surface area contributed by atoms with Crippen LogP contribution in [0.2, 0.25) is 19.6 Å². The monoisotopic (exact) mass is 437 g/mol. The van der Waals surface area contributed by atoms with Crippen molar-refractivity contribution in [1.82, 2.24) is 4.90 Å². The number of hydrogen-bond acceptors (Lipinski definition) is 5. The van der Waals surface area contributed by atoms with Gasteiger partial charge in [-0.2, -0.15) is 0 Å². The van der Waals surface area contributed by atoms with Crippen molar-refractivity contribution < 1.29 is 23.8 Å². The molecule has 0 N–H and O–H groups in total. The van der Waals surface area contributed by atoms with Crippen molar-refractivity contribution >= 4 is 19.9 Å². The number of carbonyl (C=O) groups is 2. The van der Waals surface area contributed by atoms with Crippen LogP contribution in [0, 0.1) is 11.5 Å². The average Bonchev–Trinajstić information content (AvgIpc) is 2.99. The molecule has 6 nitrogen and oxygen atoms in total. The Morgan fingerprint density at radius 3 is 1.97 bits per heavy atom. The van der Waals surface area contributed by atoms with E-state index < -0.39 is 8.07 Å². The molecule has 3 rings (SSSR count). The molecule has 2 aromatic carbocycles. The molecule has 2 amide bonds. The highest BCUT2D eigenvalue weighted by atomic mass is 28.3. The molecule has 0 unspecified atom stereocenters. The van der Waals surface area contributed by atoms with Crippen LogP contribution in [0.3, 0.4) is 0 Å². The number of methoxy groups -OCH3 is 3. The number of fused-ring (bicyclic) bond motifs is 1. The lowest BCUT2D eigenvalue weighted by atomic mass is 10.0. The van der Waals surface area contributed by atoms with E-state index in [-0.39, 0.29) is 18.4 Å². The molecule has 1 aliphatic heterocycles. The topological polar surface area (TPSA) is 65.1 Å². The highest BCUT2D eigenvalue weighted by Crippen LogP contribution is 2.42. The molecule has 1 aliphatic rings. The molecule has 0 bridgehead atoms. The number of carbonyl (C=O) groups excluding carboxylic acids is 2. The molecule has 0 aromatic heterocycles. The van der Waals surface area contributed by atoms with Crippen molar-refractivity contribution in [2.45, 2.75) is 26.1 Å². The minimum absolute atomic E-state index is 0.229. The first-order chi connectivity index (χ1) is 14.7. The first kappa shape index (κ1) is 22.4. The van der Waals surface area contributed by atoms with Gasteiger partial charge in [-0.05, 0) is 30.2 Å². The number of ether oxygens (including phenoxy) is 3. The van der Waals surface area contributed by atoms with E-state index in [9.17, 15) is 9.59 Å². The number of amides is 2. The summed E-state index contributed by atoms with van der Waals surface area (Å²) in [7, 11) is 3.00. The summed E-state index contributed by atoms with van der Waals surface area (Å²) in [5, 5.41) is 0. The molecule has 0 aliphatic carbocycles. The van der Waals surface area contributed by atoms with Crippen LogP contribution >= 0.6 is 0 Å². The number of nitrogens with zero attached hydrogens (tertiary/aromatic N) is 1. The van der Waals surface area contributed by atoms with Crippen molar-refractivity contribution in [1.29, 1.82) is 0 Å². The van der Waals surface area contributed by atoms with Crippen LogP contribution in [0.4, 0.5) is 0 Å². The van der Waals surface area contributed by atoms with Crippen molar-refractivity contribution in [2.75, 3.05) is 27.9 Å². The van der Waals surface area contributed by atoms with E-state index in [0.29, 0.717) is 40.4 Å². The fraction of sp³-hybridized carbons (Fsp3) is 0.333. The van der Waals surface area contributed by atoms with Gasteiger partial charge in [-0.1, -0.05) is 37.7 Å². The van der Waals surface area contributed by atoms with Gasteiger partial charge in [-0.15, -0.1) is 5.54 Å². The van der Waals surface area contributed by atoms with Crippen LogP contribution in [0.15, 0.2) is 30.3 Å². The van der Waals surface area contributed by atoms with E-state index in [2.05, 4.69) is 31.1 Å². The van der Waals surface area contributed by atoms with Crippen LogP contribution in [-0.4, -0.2) is 52.7 Å². The second kappa shape index (κ2) is 8.86. The van der Waals surface area contributed by atoms with Crippen molar-refractivity contribution in [3.8, 4) is 28.7 Å². The largest absolute Gasteiger partial charge is 0.493 e. The fourth-order valence-corrected chi connectivity index (χ4v) is 3.97. The van der Waals surface area contributed by atoms with E-state index >= 15 is 0 Å². The zero-order chi connectivity index (χ0) is 22.8. The minimum atomic E-state index is -1.67. The molecule has 7 heteroatoms. The van der Waals surface area contributed by atoms with E-state index in [1.54, 1.807) is 45.6 Å². The summed E-state index contributed by atoms with van der Waals surface area (Å²) >= 11 is 0. The maximum Gasteiger partial charge on any atom is 0.261 e. The van der Waals surface area contributed by atoms with E-state index in [0.717, 1.165) is 5.56 Å². The predicted octanol–water partition coefficient (Wildman–Crippen LogP) is 3.78. The van der Waals surface area contributed by atoms with Crippen molar-refractivity contribution in [3.63, 3.8) is 0 Å². The molecule has 0 saturated heterocycles. The second-order valence-electron chi connectivity index (χ2n) is 8.24. The Morgan fingerprint density at radius 2 is 1.48 bits per heavy atom. The molecule has 1 heterocycles. The number of imide groups is 1. The van der Waals surface area contributed by atoms with Gasteiger partial charge in [0.2, 0.25) is 5.75 Å². The molecule has 0 saturated carbocycles. The standard InChI is InChI=1S/C24H27NO5Si/c1-28-20-15-16(17(12-14-31(4,5)6)21(29-2)22(20)30-3)11-13-25-23(26)18-9-7-8-10-19(18)24(25)27/h7-10,15H,11,13H2,1-6H3. The molecular weight excluding hydrogens is 410 g/mol. The minimum Gasteiger partial charge on any atom is -0.493 e. The quantitative estimate of drug-likeness (QED) is 0.391. The zero-order valence-corrected chi connectivity index (χ0v) is 19.8. The van der Waals surface area contributed by atoms with Gasteiger partial charge >= 0.3 is 0 Å². The summed E-state index contributed by atoms with van der Waals surface area (Å²) in [4.78, 5) is 26.7. The average molecular weight is 438 g/mol. The third kappa shape index (κ3) is 4.44. The normalized spacial score (nSPS) is 12.9. The van der Waals surface area contributed by atoms with Gasteiger partial charge in [0.05, 0.1) is 38.0 Å². The number of hydrogen-bond donors (Lipinski definition) is 0. The Bertz CT molecular complexity index is 1060. The van der Waals surface area contributed by atoms with E-state index in [1.807, 2.05) is 6.07 Å². The molecule has 0 spiro atoms. The Morgan fingerprint density at radius 1 is 0.903 bits per heavy atom. The summed E-state index contributed by atoms with van der Waals surface area (Å²) in [5.74, 6) is 4.19. The molecule has 31 heavy (non-hydrogen) atoms. The molecule has 0 atom stereocenters. The van der Waals surface area contributed by atoms with Crippen LogP contribution in [0.5, 0.6) is 17.2 Å². The van der Waals surface area contributed by atoms with Gasteiger partial charge in [-0.3, -0.25) is 14.5 Å². The highest BCUT2D eigenvalue weighted by Gasteiger charge is 2.35.